The summed E-state index contributed by atoms with van der Waals surface area (Å²) in [5, 5.41) is 0. The highest BCUT2D eigenvalue weighted by molar-refractivity contribution is 7.99. The molecule has 0 unspecified atom stereocenters. The maximum absolute atomic E-state index is 4.21. The lowest BCUT2D eigenvalue weighted by atomic mass is 10.2. The third-order valence-corrected chi connectivity index (χ3v) is 3.76. The van der Waals surface area contributed by atoms with Gasteiger partial charge in [0.15, 0.2) is 0 Å². The van der Waals surface area contributed by atoms with Gasteiger partial charge in [-0.25, -0.2) is 0 Å². The van der Waals surface area contributed by atoms with Gasteiger partial charge in [-0.2, -0.15) is 12.6 Å². The van der Waals surface area contributed by atoms with Crippen molar-refractivity contribution in [3.8, 4) is 0 Å². The Morgan fingerprint density at radius 1 is 1.00 bits per heavy atom. The molecule has 0 aliphatic carbocycles. The third kappa shape index (κ3) is 6.16. The van der Waals surface area contributed by atoms with Gasteiger partial charge in [-0.1, -0.05) is 30.5 Å². The zero-order valence-electron chi connectivity index (χ0n) is 9.41. The topological polar surface area (TPSA) is 0 Å². The first-order valence-electron chi connectivity index (χ1n) is 5.63. The first-order chi connectivity index (χ1) is 7.33. The van der Waals surface area contributed by atoms with Gasteiger partial charge in [0.1, 0.15) is 0 Å². The molecule has 0 atom stereocenters. The van der Waals surface area contributed by atoms with Crippen molar-refractivity contribution < 1.29 is 0 Å². The predicted molar refractivity (Wildman–Crippen MR) is 74.2 cm³/mol. The third-order valence-electron chi connectivity index (χ3n) is 2.34. The van der Waals surface area contributed by atoms with E-state index in [0.717, 1.165) is 5.75 Å². The van der Waals surface area contributed by atoms with Crippen LogP contribution in [0.3, 0.4) is 0 Å². The van der Waals surface area contributed by atoms with Gasteiger partial charge in [0.25, 0.3) is 0 Å². The fraction of sp³-hybridized carbons (Fsp3) is 0.538. The monoisotopic (exact) mass is 240 g/mol. The molecule has 0 fully saturated rings. The van der Waals surface area contributed by atoms with E-state index in [1.54, 1.807) is 0 Å². The van der Waals surface area contributed by atoms with Gasteiger partial charge in [-0.15, -0.1) is 11.8 Å². The highest BCUT2D eigenvalue weighted by Gasteiger charge is 1.94. The van der Waals surface area contributed by atoms with Crippen LogP contribution >= 0.6 is 24.4 Å². The van der Waals surface area contributed by atoms with Crippen LogP contribution in [0.25, 0.3) is 0 Å². The lowest BCUT2D eigenvalue weighted by Crippen LogP contribution is -1.83. The number of thioether (sulfide) groups is 1. The molecule has 15 heavy (non-hydrogen) atoms. The number of rotatable bonds is 7. The van der Waals surface area contributed by atoms with Gasteiger partial charge in [-0.05, 0) is 43.4 Å². The molecular weight excluding hydrogens is 220 g/mol. The molecule has 0 bridgehead atoms. The SMILES string of the molecule is Cc1ccc(SCCCCCCS)cc1. The van der Waals surface area contributed by atoms with E-state index >= 15 is 0 Å². The minimum atomic E-state index is 1.03. The number of unbranched alkanes of at least 4 members (excludes halogenated alkanes) is 3. The normalized spacial score (nSPS) is 10.5. The molecule has 0 saturated carbocycles. The lowest BCUT2D eigenvalue weighted by Gasteiger charge is -2.02. The van der Waals surface area contributed by atoms with Gasteiger partial charge < -0.3 is 0 Å². The van der Waals surface area contributed by atoms with Gasteiger partial charge in [0.2, 0.25) is 0 Å². The highest BCUT2D eigenvalue weighted by Crippen LogP contribution is 2.20. The average molecular weight is 240 g/mol. The molecule has 1 aromatic rings. The van der Waals surface area contributed by atoms with Crippen LogP contribution in [0.4, 0.5) is 0 Å². The summed E-state index contributed by atoms with van der Waals surface area (Å²) in [6.45, 7) is 2.13. The molecule has 0 aromatic heterocycles. The summed E-state index contributed by atoms with van der Waals surface area (Å²) in [7, 11) is 0. The minimum Gasteiger partial charge on any atom is -0.179 e. The molecule has 0 aliphatic heterocycles. The second-order valence-corrected chi connectivity index (χ2v) is 5.41. The van der Waals surface area contributed by atoms with Gasteiger partial charge >= 0.3 is 0 Å². The molecule has 0 saturated heterocycles. The Hall–Kier alpha value is -0.0800. The van der Waals surface area contributed by atoms with E-state index in [-0.39, 0.29) is 0 Å². The molecule has 0 radical (unpaired) electrons. The summed E-state index contributed by atoms with van der Waals surface area (Å²) in [4.78, 5) is 1.40. The number of hydrogen-bond acceptors (Lipinski definition) is 2. The smallest absolute Gasteiger partial charge is 0.00721 e. The largest absolute Gasteiger partial charge is 0.179 e. The molecule has 0 amide bonds. The zero-order valence-corrected chi connectivity index (χ0v) is 11.1. The Bertz CT molecular complexity index is 254. The van der Waals surface area contributed by atoms with E-state index < -0.39 is 0 Å². The fourth-order valence-electron chi connectivity index (χ4n) is 1.39. The van der Waals surface area contributed by atoms with E-state index in [0.29, 0.717) is 0 Å². The predicted octanol–water partition coefficient (Wildman–Crippen LogP) is 4.58. The first-order valence-corrected chi connectivity index (χ1v) is 7.25. The van der Waals surface area contributed by atoms with Crippen molar-refractivity contribution in [1.82, 2.24) is 0 Å². The number of thiol groups is 1. The molecule has 0 aliphatic rings. The number of hydrogen-bond donors (Lipinski definition) is 1. The zero-order chi connectivity index (χ0) is 10.9. The van der Waals surface area contributed by atoms with Gasteiger partial charge in [-0.3, -0.25) is 0 Å². The standard InChI is InChI=1S/C13H20S2/c1-12-6-8-13(9-7-12)15-11-5-3-2-4-10-14/h6-9,14H,2-5,10-11H2,1H3. The number of aryl methyl sites for hydroxylation is 1. The summed E-state index contributed by atoms with van der Waals surface area (Å²) in [6, 6.07) is 8.80. The average Bonchev–Trinajstić information content (AvgIpc) is 2.26. The molecule has 1 aromatic carbocycles. The van der Waals surface area contributed by atoms with Crippen LogP contribution in [0.15, 0.2) is 29.2 Å². The van der Waals surface area contributed by atoms with E-state index in [4.69, 9.17) is 0 Å². The first kappa shape index (κ1) is 13.0. The molecule has 0 nitrogen and oxygen atoms in total. The van der Waals surface area contributed by atoms with Crippen molar-refractivity contribution in [2.24, 2.45) is 0 Å². The van der Waals surface area contributed by atoms with E-state index in [1.807, 2.05) is 11.8 Å². The van der Waals surface area contributed by atoms with Crippen molar-refractivity contribution in [2.75, 3.05) is 11.5 Å². The maximum Gasteiger partial charge on any atom is 0.00721 e. The van der Waals surface area contributed by atoms with Crippen LogP contribution in [0, 0.1) is 6.92 Å². The van der Waals surface area contributed by atoms with Crippen molar-refractivity contribution in [2.45, 2.75) is 37.5 Å². The molecule has 84 valence electrons. The Labute approximate surface area is 103 Å². The Balaban J connectivity index is 2.07. The van der Waals surface area contributed by atoms with E-state index in [2.05, 4.69) is 43.8 Å². The molecule has 0 spiro atoms. The second kappa shape index (κ2) is 8.12. The van der Waals surface area contributed by atoms with Crippen molar-refractivity contribution >= 4 is 24.4 Å². The van der Waals surface area contributed by atoms with Crippen LogP contribution in [-0.2, 0) is 0 Å². The van der Waals surface area contributed by atoms with Crippen LogP contribution in [0.1, 0.15) is 31.2 Å². The van der Waals surface area contributed by atoms with Crippen molar-refractivity contribution in [1.29, 1.82) is 0 Å². The van der Waals surface area contributed by atoms with Crippen molar-refractivity contribution in [3.05, 3.63) is 29.8 Å². The van der Waals surface area contributed by atoms with Gasteiger partial charge in [0, 0.05) is 4.90 Å². The van der Waals surface area contributed by atoms with Crippen LogP contribution < -0.4 is 0 Å². The Kier molecular flexibility index (Phi) is 7.03. The highest BCUT2D eigenvalue weighted by atomic mass is 32.2. The molecule has 2 heteroatoms. The van der Waals surface area contributed by atoms with Crippen LogP contribution in [0.5, 0.6) is 0 Å². The second-order valence-electron chi connectivity index (χ2n) is 3.80. The van der Waals surface area contributed by atoms with E-state index in [1.165, 1.54) is 41.9 Å². The molecule has 0 heterocycles. The molecule has 0 N–H and O–H groups in total. The summed E-state index contributed by atoms with van der Waals surface area (Å²) in [5.41, 5.74) is 1.34. The van der Waals surface area contributed by atoms with Crippen LogP contribution in [-0.4, -0.2) is 11.5 Å². The Morgan fingerprint density at radius 2 is 1.67 bits per heavy atom. The maximum atomic E-state index is 4.21. The summed E-state index contributed by atoms with van der Waals surface area (Å²) in [5.74, 6) is 2.28. The van der Waals surface area contributed by atoms with Gasteiger partial charge in [0.05, 0.1) is 0 Å². The Morgan fingerprint density at radius 3 is 2.33 bits per heavy atom. The quantitative estimate of drug-likeness (QED) is 0.413. The summed E-state index contributed by atoms with van der Waals surface area (Å²) < 4.78 is 0. The van der Waals surface area contributed by atoms with E-state index in [9.17, 15) is 0 Å². The fourth-order valence-corrected chi connectivity index (χ4v) is 2.53. The molecular formula is C13H20S2. The summed E-state index contributed by atoms with van der Waals surface area (Å²) in [6.07, 6.45) is 5.27. The molecule has 1 rings (SSSR count). The minimum absolute atomic E-state index is 1.03. The van der Waals surface area contributed by atoms with Crippen LogP contribution in [0.2, 0.25) is 0 Å². The van der Waals surface area contributed by atoms with Crippen molar-refractivity contribution in [3.63, 3.8) is 0 Å². The lowest BCUT2D eigenvalue weighted by molar-refractivity contribution is 0.712. The number of benzene rings is 1. The summed E-state index contributed by atoms with van der Waals surface area (Å²) >= 11 is 6.18.